The first-order chi connectivity index (χ1) is 9.20. The zero-order valence-corrected chi connectivity index (χ0v) is 12.3. The second-order valence-corrected chi connectivity index (χ2v) is 6.45. The lowest BCUT2D eigenvalue weighted by atomic mass is 9.92. The summed E-state index contributed by atoms with van der Waals surface area (Å²) >= 11 is 0. The SMILES string of the molecule is Cc1ccc(CN2CCNCC23CCCC3)cc1C. The van der Waals surface area contributed by atoms with Gasteiger partial charge in [-0.2, -0.15) is 0 Å². The van der Waals surface area contributed by atoms with Crippen LogP contribution in [-0.4, -0.2) is 30.1 Å². The summed E-state index contributed by atoms with van der Waals surface area (Å²) in [5.74, 6) is 0. The maximum atomic E-state index is 3.61. The number of benzene rings is 1. The maximum Gasteiger partial charge on any atom is 0.0338 e. The van der Waals surface area contributed by atoms with Crippen LogP contribution in [0.4, 0.5) is 0 Å². The summed E-state index contributed by atoms with van der Waals surface area (Å²) in [5, 5.41) is 3.61. The number of rotatable bonds is 2. The zero-order valence-electron chi connectivity index (χ0n) is 12.3. The minimum absolute atomic E-state index is 0.455. The van der Waals surface area contributed by atoms with Crippen LogP contribution in [0.3, 0.4) is 0 Å². The Balaban J connectivity index is 1.78. The molecule has 0 atom stereocenters. The Hall–Kier alpha value is -0.860. The third-order valence-corrected chi connectivity index (χ3v) is 5.16. The fraction of sp³-hybridized carbons (Fsp3) is 0.647. The van der Waals surface area contributed by atoms with Gasteiger partial charge in [0, 0.05) is 31.7 Å². The van der Waals surface area contributed by atoms with Crippen molar-refractivity contribution in [3.8, 4) is 0 Å². The van der Waals surface area contributed by atoms with Gasteiger partial charge in [-0.3, -0.25) is 4.90 Å². The van der Waals surface area contributed by atoms with Gasteiger partial charge in [0.15, 0.2) is 0 Å². The normalized spacial score (nSPS) is 23.1. The van der Waals surface area contributed by atoms with Crippen molar-refractivity contribution in [2.45, 2.75) is 51.6 Å². The Labute approximate surface area is 117 Å². The van der Waals surface area contributed by atoms with Crippen LogP contribution in [-0.2, 0) is 6.54 Å². The van der Waals surface area contributed by atoms with E-state index in [1.54, 1.807) is 0 Å². The second kappa shape index (κ2) is 5.26. The molecular formula is C17H26N2. The van der Waals surface area contributed by atoms with E-state index >= 15 is 0 Å². The molecule has 1 aliphatic heterocycles. The van der Waals surface area contributed by atoms with E-state index in [0.29, 0.717) is 5.54 Å². The number of aryl methyl sites for hydroxylation is 2. The quantitative estimate of drug-likeness (QED) is 0.877. The molecular weight excluding hydrogens is 232 g/mol. The molecule has 3 rings (SSSR count). The first-order valence-corrected chi connectivity index (χ1v) is 7.72. The van der Waals surface area contributed by atoms with Crippen LogP contribution in [0.5, 0.6) is 0 Å². The highest BCUT2D eigenvalue weighted by atomic mass is 15.3. The van der Waals surface area contributed by atoms with E-state index < -0.39 is 0 Å². The van der Waals surface area contributed by atoms with Crippen LogP contribution < -0.4 is 5.32 Å². The molecule has 0 aromatic heterocycles. The van der Waals surface area contributed by atoms with Crippen molar-refractivity contribution in [3.05, 3.63) is 34.9 Å². The smallest absolute Gasteiger partial charge is 0.0338 e. The largest absolute Gasteiger partial charge is 0.314 e. The predicted octanol–water partition coefficient (Wildman–Crippen LogP) is 3.02. The lowest BCUT2D eigenvalue weighted by Crippen LogP contribution is -2.59. The standard InChI is InChI=1S/C17H26N2/c1-14-5-6-16(11-15(14)2)12-19-10-9-18-13-17(19)7-3-4-8-17/h5-6,11,18H,3-4,7-10,12-13H2,1-2H3. The van der Waals surface area contributed by atoms with Crippen LogP contribution in [0, 0.1) is 13.8 Å². The van der Waals surface area contributed by atoms with Crippen molar-refractivity contribution in [1.29, 1.82) is 0 Å². The fourth-order valence-corrected chi connectivity index (χ4v) is 3.78. The van der Waals surface area contributed by atoms with Gasteiger partial charge in [-0.15, -0.1) is 0 Å². The molecule has 1 saturated heterocycles. The average molecular weight is 258 g/mol. The molecule has 0 unspecified atom stereocenters. The first kappa shape index (κ1) is 13.1. The number of piperazine rings is 1. The monoisotopic (exact) mass is 258 g/mol. The second-order valence-electron chi connectivity index (χ2n) is 6.45. The summed E-state index contributed by atoms with van der Waals surface area (Å²) in [7, 11) is 0. The lowest BCUT2D eigenvalue weighted by molar-refractivity contribution is 0.0572. The number of hydrogen-bond donors (Lipinski definition) is 1. The molecule has 1 aromatic rings. The number of nitrogens with one attached hydrogen (secondary N) is 1. The highest BCUT2D eigenvalue weighted by molar-refractivity contribution is 5.30. The molecule has 2 fully saturated rings. The molecule has 2 aliphatic rings. The maximum absolute atomic E-state index is 3.61. The number of hydrogen-bond acceptors (Lipinski definition) is 2. The third kappa shape index (κ3) is 2.56. The van der Waals surface area contributed by atoms with Crippen molar-refractivity contribution in [2.75, 3.05) is 19.6 Å². The van der Waals surface area contributed by atoms with Crippen molar-refractivity contribution in [3.63, 3.8) is 0 Å². The van der Waals surface area contributed by atoms with Gasteiger partial charge in [-0.1, -0.05) is 31.0 Å². The van der Waals surface area contributed by atoms with Crippen molar-refractivity contribution >= 4 is 0 Å². The average Bonchev–Trinajstić information content (AvgIpc) is 2.86. The summed E-state index contributed by atoms with van der Waals surface area (Å²) < 4.78 is 0. The highest BCUT2D eigenvalue weighted by Crippen LogP contribution is 2.37. The molecule has 1 heterocycles. The molecule has 2 heteroatoms. The van der Waals surface area contributed by atoms with Crippen LogP contribution >= 0.6 is 0 Å². The molecule has 0 bridgehead atoms. The van der Waals surface area contributed by atoms with Gasteiger partial charge in [0.25, 0.3) is 0 Å². The molecule has 0 radical (unpaired) electrons. The molecule has 1 aromatic carbocycles. The van der Waals surface area contributed by atoms with Crippen LogP contribution in [0.1, 0.15) is 42.4 Å². The Morgan fingerprint density at radius 3 is 2.68 bits per heavy atom. The number of nitrogens with zero attached hydrogens (tertiary/aromatic N) is 1. The Morgan fingerprint density at radius 2 is 1.95 bits per heavy atom. The topological polar surface area (TPSA) is 15.3 Å². The minimum Gasteiger partial charge on any atom is -0.314 e. The summed E-state index contributed by atoms with van der Waals surface area (Å²) in [4.78, 5) is 2.75. The van der Waals surface area contributed by atoms with E-state index in [1.165, 1.54) is 55.5 Å². The van der Waals surface area contributed by atoms with E-state index in [2.05, 4.69) is 42.3 Å². The van der Waals surface area contributed by atoms with Crippen LogP contribution in [0.2, 0.25) is 0 Å². The van der Waals surface area contributed by atoms with Crippen molar-refractivity contribution < 1.29 is 0 Å². The molecule has 19 heavy (non-hydrogen) atoms. The first-order valence-electron chi connectivity index (χ1n) is 7.72. The van der Waals surface area contributed by atoms with Crippen molar-refractivity contribution in [1.82, 2.24) is 10.2 Å². The summed E-state index contributed by atoms with van der Waals surface area (Å²) in [6, 6.07) is 6.96. The summed E-state index contributed by atoms with van der Waals surface area (Å²) in [5.41, 5.74) is 4.76. The highest BCUT2D eigenvalue weighted by Gasteiger charge is 2.40. The van der Waals surface area contributed by atoms with Gasteiger partial charge < -0.3 is 5.32 Å². The van der Waals surface area contributed by atoms with Gasteiger partial charge in [0.05, 0.1) is 0 Å². The van der Waals surface area contributed by atoms with E-state index in [1.807, 2.05) is 0 Å². The van der Waals surface area contributed by atoms with Gasteiger partial charge in [-0.25, -0.2) is 0 Å². The Morgan fingerprint density at radius 1 is 1.16 bits per heavy atom. The van der Waals surface area contributed by atoms with E-state index in [0.717, 1.165) is 13.1 Å². The van der Waals surface area contributed by atoms with Gasteiger partial charge in [0.1, 0.15) is 0 Å². The van der Waals surface area contributed by atoms with E-state index in [9.17, 15) is 0 Å². The van der Waals surface area contributed by atoms with E-state index in [4.69, 9.17) is 0 Å². The zero-order chi connectivity index (χ0) is 13.3. The summed E-state index contributed by atoms with van der Waals surface area (Å²) in [6.07, 6.45) is 5.58. The molecule has 1 saturated carbocycles. The Kier molecular flexibility index (Phi) is 3.64. The molecule has 104 valence electrons. The molecule has 0 amide bonds. The molecule has 1 N–H and O–H groups in total. The summed E-state index contributed by atoms with van der Waals surface area (Å²) in [6.45, 7) is 9.09. The van der Waals surface area contributed by atoms with Crippen LogP contribution in [0.25, 0.3) is 0 Å². The predicted molar refractivity (Wildman–Crippen MR) is 80.4 cm³/mol. The van der Waals surface area contributed by atoms with Crippen LogP contribution in [0.15, 0.2) is 18.2 Å². The third-order valence-electron chi connectivity index (χ3n) is 5.16. The fourth-order valence-electron chi connectivity index (χ4n) is 3.78. The molecule has 2 nitrogen and oxygen atoms in total. The molecule has 1 spiro atoms. The Bertz CT molecular complexity index is 447. The van der Waals surface area contributed by atoms with Gasteiger partial charge >= 0.3 is 0 Å². The van der Waals surface area contributed by atoms with Gasteiger partial charge in [0.2, 0.25) is 0 Å². The minimum atomic E-state index is 0.455. The van der Waals surface area contributed by atoms with Crippen molar-refractivity contribution in [2.24, 2.45) is 0 Å². The van der Waals surface area contributed by atoms with Gasteiger partial charge in [-0.05, 0) is 43.4 Å². The van der Waals surface area contributed by atoms with E-state index in [-0.39, 0.29) is 0 Å². The lowest BCUT2D eigenvalue weighted by Gasteiger charge is -2.45. The molecule has 1 aliphatic carbocycles.